The third-order valence-corrected chi connectivity index (χ3v) is 1.58. The average Bonchev–Trinajstić information content (AvgIpc) is 2.03. The van der Waals surface area contributed by atoms with Gasteiger partial charge in [0.25, 0.3) is 0 Å². The molecule has 1 N–H and O–H groups in total. The maximum absolute atomic E-state index is 8.54. The van der Waals surface area contributed by atoms with Crippen LogP contribution in [0.5, 0.6) is 0 Å². The van der Waals surface area contributed by atoms with Gasteiger partial charge in [0.2, 0.25) is 0 Å². The van der Waals surface area contributed by atoms with Gasteiger partial charge in [-0.25, -0.2) is 4.89 Å². The Hall–Kier alpha value is -0.520. The molecule has 0 aromatic carbocycles. The summed E-state index contributed by atoms with van der Waals surface area (Å²) < 4.78 is 8.26. The number of nitrogens with zero attached hydrogens (tertiary/aromatic N) is 1. The Bertz CT molecular complexity index is 167. The Labute approximate surface area is 70.2 Å². The van der Waals surface area contributed by atoms with Crippen LogP contribution in [-0.4, -0.2) is 17.9 Å². The zero-order valence-electron chi connectivity index (χ0n) is 6.70. The van der Waals surface area contributed by atoms with Gasteiger partial charge in [-0.05, 0) is 13.8 Å². The lowest BCUT2D eigenvalue weighted by atomic mass is 10.2. The summed E-state index contributed by atoms with van der Waals surface area (Å²) >= 11 is 0.819. The van der Waals surface area contributed by atoms with E-state index < -0.39 is 0 Å². The summed E-state index contributed by atoms with van der Waals surface area (Å²) in [7, 11) is 1.40. The van der Waals surface area contributed by atoms with Crippen molar-refractivity contribution in [1.82, 2.24) is 0 Å². The fraction of sp³-hybridized carbons (Fsp3) is 0.500. The third-order valence-electron chi connectivity index (χ3n) is 1.04. The van der Waals surface area contributed by atoms with E-state index in [0.717, 1.165) is 18.5 Å². The molecule has 0 heterocycles. The first-order chi connectivity index (χ1) is 5.22. The summed E-state index contributed by atoms with van der Waals surface area (Å²) in [5.74, 6) is 0. The number of aliphatic hydroxyl groups is 1. The quantitative estimate of drug-likeness (QED) is 0.136. The molecular weight excluding hydrogens is 166 g/mol. The van der Waals surface area contributed by atoms with Crippen LogP contribution in [-0.2, 0) is 9.22 Å². The Morgan fingerprint density at radius 3 is 2.64 bits per heavy atom. The van der Waals surface area contributed by atoms with Crippen molar-refractivity contribution >= 4 is 17.9 Å². The highest BCUT2D eigenvalue weighted by atomic mass is 32.2. The van der Waals surface area contributed by atoms with Crippen LogP contribution in [0.4, 0.5) is 0 Å². The Morgan fingerprint density at radius 2 is 2.18 bits per heavy atom. The molecule has 5 heteroatoms. The highest BCUT2D eigenvalue weighted by Crippen LogP contribution is 2.07. The molecule has 64 valence electrons. The second-order valence-corrected chi connectivity index (χ2v) is 2.27. The van der Waals surface area contributed by atoms with Gasteiger partial charge in [0.05, 0.1) is 19.1 Å². The molecule has 0 atom stereocenters. The predicted molar refractivity (Wildman–Crippen MR) is 45.2 cm³/mol. The largest absolute Gasteiger partial charge is 0.515 e. The maximum Gasteiger partial charge on any atom is 0.173 e. The highest BCUT2D eigenvalue weighted by Gasteiger charge is 1.93. The van der Waals surface area contributed by atoms with Crippen molar-refractivity contribution in [2.45, 2.75) is 13.8 Å². The van der Waals surface area contributed by atoms with E-state index in [1.54, 1.807) is 13.8 Å². The lowest BCUT2D eigenvalue weighted by Gasteiger charge is -1.96. The summed E-state index contributed by atoms with van der Waals surface area (Å²) in [6.07, 6.45) is 0.992. The molecule has 0 aromatic heterocycles. The van der Waals surface area contributed by atoms with E-state index in [9.17, 15) is 0 Å². The third kappa shape index (κ3) is 4.83. The number of hydrogen-bond donors (Lipinski definition) is 1. The minimum Gasteiger partial charge on any atom is -0.515 e. The molecule has 0 fully saturated rings. The fourth-order valence-electron chi connectivity index (χ4n) is 0.267. The number of allylic oxidation sites excluding steroid dienone is 1. The molecule has 0 rings (SSSR count). The topological polar surface area (TPSA) is 51.0 Å². The Balaban J connectivity index is 3.81. The molecule has 0 amide bonds. The molecule has 0 aliphatic heterocycles. The summed E-state index contributed by atoms with van der Waals surface area (Å²) in [5, 5.41) is 8.54. The monoisotopic (exact) mass is 177 g/mol. The molecule has 0 spiro atoms. The van der Waals surface area contributed by atoms with Gasteiger partial charge in [-0.3, -0.25) is 0 Å². The molecule has 0 radical (unpaired) electrons. The van der Waals surface area contributed by atoms with E-state index in [4.69, 9.17) is 5.11 Å². The number of aliphatic hydroxyl groups excluding tert-OH is 1. The average molecular weight is 177 g/mol. The first kappa shape index (κ1) is 10.5. The number of rotatable bonds is 4. The lowest BCUT2D eigenvalue weighted by Crippen LogP contribution is -1.91. The van der Waals surface area contributed by atoms with Gasteiger partial charge in [-0.2, -0.15) is 4.40 Å². The summed E-state index contributed by atoms with van der Waals surface area (Å²) in [4.78, 5) is 4.28. The van der Waals surface area contributed by atoms with Crippen molar-refractivity contribution in [3.05, 3.63) is 11.8 Å². The zero-order chi connectivity index (χ0) is 8.69. The van der Waals surface area contributed by atoms with E-state index in [1.165, 1.54) is 7.11 Å². The van der Waals surface area contributed by atoms with Crippen molar-refractivity contribution in [1.29, 1.82) is 0 Å². The molecule has 4 nitrogen and oxygen atoms in total. The van der Waals surface area contributed by atoms with Crippen LogP contribution in [0.15, 0.2) is 16.2 Å². The Kier molecular flexibility index (Phi) is 5.91. The molecule has 0 unspecified atom stereocenters. The first-order valence-electron chi connectivity index (χ1n) is 2.94. The van der Waals surface area contributed by atoms with Gasteiger partial charge in [0, 0.05) is 5.57 Å². The van der Waals surface area contributed by atoms with Gasteiger partial charge in [-0.1, -0.05) is 0 Å². The van der Waals surface area contributed by atoms with Crippen molar-refractivity contribution in [2.24, 2.45) is 4.40 Å². The second-order valence-electron chi connectivity index (χ2n) is 1.80. The van der Waals surface area contributed by atoms with Crippen LogP contribution in [0, 0.1) is 0 Å². The van der Waals surface area contributed by atoms with Crippen molar-refractivity contribution < 1.29 is 14.3 Å². The maximum atomic E-state index is 8.54. The van der Waals surface area contributed by atoms with Gasteiger partial charge in [-0.15, -0.1) is 4.33 Å². The minimum atomic E-state index is 0.689. The second kappa shape index (κ2) is 6.21. The standard InChI is InChI=1S/C6H11NO3S/c1-5(4-8)6(2)7-11-10-9-3/h4,8H,1-3H3/b5-4+,7-6-. The summed E-state index contributed by atoms with van der Waals surface area (Å²) in [5.41, 5.74) is 1.38. The van der Waals surface area contributed by atoms with E-state index in [1.807, 2.05) is 0 Å². The van der Waals surface area contributed by atoms with Crippen molar-refractivity contribution in [3.63, 3.8) is 0 Å². The molecular formula is C6H11NO3S. The first-order valence-corrected chi connectivity index (χ1v) is 3.64. The Morgan fingerprint density at radius 1 is 1.55 bits per heavy atom. The van der Waals surface area contributed by atoms with Crippen molar-refractivity contribution in [3.8, 4) is 0 Å². The van der Waals surface area contributed by atoms with Crippen LogP contribution in [0.25, 0.3) is 0 Å². The van der Waals surface area contributed by atoms with E-state index in [-0.39, 0.29) is 0 Å². The highest BCUT2D eigenvalue weighted by molar-refractivity contribution is 7.93. The smallest absolute Gasteiger partial charge is 0.173 e. The molecule has 0 aliphatic carbocycles. The normalized spacial score (nSPS) is 13.7. The van der Waals surface area contributed by atoms with Crippen LogP contribution in [0.2, 0.25) is 0 Å². The van der Waals surface area contributed by atoms with Crippen LogP contribution >= 0.6 is 12.2 Å². The lowest BCUT2D eigenvalue weighted by molar-refractivity contribution is -0.160. The van der Waals surface area contributed by atoms with Gasteiger partial charge in [0.15, 0.2) is 12.2 Å². The van der Waals surface area contributed by atoms with Gasteiger partial charge in [0.1, 0.15) is 0 Å². The molecule has 0 saturated heterocycles. The van der Waals surface area contributed by atoms with E-state index in [0.29, 0.717) is 11.3 Å². The zero-order valence-corrected chi connectivity index (χ0v) is 7.51. The van der Waals surface area contributed by atoms with E-state index in [2.05, 4.69) is 13.6 Å². The molecule has 0 bridgehead atoms. The number of hydrogen-bond acceptors (Lipinski definition) is 5. The van der Waals surface area contributed by atoms with Crippen LogP contribution in [0.3, 0.4) is 0 Å². The summed E-state index contributed by atoms with van der Waals surface area (Å²) in [6, 6.07) is 0. The van der Waals surface area contributed by atoms with Crippen LogP contribution in [0.1, 0.15) is 13.8 Å². The SMILES string of the molecule is COOS/N=C(C)\C(C)=C\O. The molecule has 0 aromatic rings. The van der Waals surface area contributed by atoms with Crippen molar-refractivity contribution in [2.75, 3.05) is 7.11 Å². The predicted octanol–water partition coefficient (Wildman–Crippen LogP) is 2.05. The fourth-order valence-corrected chi connectivity index (χ4v) is 0.614. The molecule has 0 saturated carbocycles. The molecule has 11 heavy (non-hydrogen) atoms. The minimum absolute atomic E-state index is 0.689. The van der Waals surface area contributed by atoms with Gasteiger partial charge < -0.3 is 5.11 Å². The van der Waals surface area contributed by atoms with E-state index >= 15 is 0 Å². The molecule has 0 aliphatic rings. The van der Waals surface area contributed by atoms with Gasteiger partial charge >= 0.3 is 0 Å². The summed E-state index contributed by atoms with van der Waals surface area (Å²) in [6.45, 7) is 3.50. The van der Waals surface area contributed by atoms with Crippen LogP contribution < -0.4 is 0 Å².